The number of methoxy groups -OCH3 is 1. The molecule has 0 aliphatic carbocycles. The largest absolute Gasteiger partial charge is 0.497 e. The van der Waals surface area contributed by atoms with Crippen molar-refractivity contribution in [2.45, 2.75) is 6.42 Å². The molecule has 0 radical (unpaired) electrons. The maximum absolute atomic E-state index is 12.6. The average molecular weight is 378 g/mol. The van der Waals surface area contributed by atoms with E-state index in [4.69, 9.17) is 4.74 Å². The molecule has 0 saturated carbocycles. The van der Waals surface area contributed by atoms with Crippen LogP contribution >= 0.6 is 0 Å². The zero-order chi connectivity index (χ0) is 19.5. The smallest absolute Gasteiger partial charge is 0.250 e. The fraction of sp³-hybridized carbons (Fsp3) is 0.211. The molecule has 1 N–H and O–H groups in total. The van der Waals surface area contributed by atoms with Crippen molar-refractivity contribution in [2.75, 3.05) is 23.9 Å². The van der Waals surface area contributed by atoms with Crippen molar-refractivity contribution in [1.82, 2.24) is 19.7 Å². The van der Waals surface area contributed by atoms with Gasteiger partial charge in [-0.1, -0.05) is 0 Å². The number of nitrogens with zero attached hydrogens (tertiary/aromatic N) is 5. The highest BCUT2D eigenvalue weighted by atomic mass is 16.5. The quantitative estimate of drug-likeness (QED) is 0.724. The van der Waals surface area contributed by atoms with Crippen LogP contribution in [0.3, 0.4) is 0 Å². The van der Waals surface area contributed by atoms with E-state index in [0.717, 1.165) is 5.69 Å². The highest BCUT2D eigenvalue weighted by Gasteiger charge is 2.35. The molecule has 2 aromatic heterocycles. The third kappa shape index (κ3) is 3.54. The van der Waals surface area contributed by atoms with E-state index in [9.17, 15) is 9.59 Å². The van der Waals surface area contributed by atoms with Crippen molar-refractivity contribution in [3.8, 4) is 11.7 Å². The third-order valence-electron chi connectivity index (χ3n) is 4.49. The number of amides is 2. The van der Waals surface area contributed by atoms with Gasteiger partial charge >= 0.3 is 0 Å². The highest BCUT2D eigenvalue weighted by molar-refractivity contribution is 6.03. The number of aromatic nitrogens is 4. The Bertz CT molecular complexity index is 970. The van der Waals surface area contributed by atoms with Gasteiger partial charge < -0.3 is 15.0 Å². The van der Waals surface area contributed by atoms with Gasteiger partial charge in [-0.3, -0.25) is 9.59 Å². The van der Waals surface area contributed by atoms with Crippen molar-refractivity contribution < 1.29 is 14.3 Å². The van der Waals surface area contributed by atoms with Crippen molar-refractivity contribution in [2.24, 2.45) is 5.92 Å². The van der Waals surface area contributed by atoms with E-state index in [0.29, 0.717) is 23.9 Å². The molecular formula is C19H18N6O3. The number of hydrogen-bond donors (Lipinski definition) is 1. The fourth-order valence-corrected chi connectivity index (χ4v) is 3.03. The highest BCUT2D eigenvalue weighted by Crippen LogP contribution is 2.27. The number of hydrogen-bond acceptors (Lipinski definition) is 6. The molecule has 4 rings (SSSR count). The monoisotopic (exact) mass is 378 g/mol. The van der Waals surface area contributed by atoms with Crippen molar-refractivity contribution in [3.63, 3.8) is 0 Å². The first-order valence-electron chi connectivity index (χ1n) is 8.71. The van der Waals surface area contributed by atoms with Crippen LogP contribution in [-0.4, -0.2) is 45.2 Å². The molecule has 28 heavy (non-hydrogen) atoms. The Balaban J connectivity index is 1.40. The van der Waals surface area contributed by atoms with E-state index in [2.05, 4.69) is 20.4 Å². The summed E-state index contributed by atoms with van der Waals surface area (Å²) in [6.07, 6.45) is 6.54. The molecule has 3 aromatic rings. The fourth-order valence-electron chi connectivity index (χ4n) is 3.03. The summed E-state index contributed by atoms with van der Waals surface area (Å²) in [7, 11) is 1.59. The Morgan fingerprint density at radius 3 is 2.61 bits per heavy atom. The van der Waals surface area contributed by atoms with Crippen molar-refractivity contribution >= 4 is 23.2 Å². The lowest BCUT2D eigenvalue weighted by Crippen LogP contribution is -2.28. The molecule has 3 heterocycles. The van der Waals surface area contributed by atoms with Crippen LogP contribution in [-0.2, 0) is 9.59 Å². The second-order valence-electron chi connectivity index (χ2n) is 6.32. The van der Waals surface area contributed by atoms with Gasteiger partial charge in [-0.25, -0.2) is 14.6 Å². The van der Waals surface area contributed by atoms with E-state index in [1.807, 2.05) is 0 Å². The van der Waals surface area contributed by atoms with E-state index in [-0.39, 0.29) is 18.2 Å². The van der Waals surface area contributed by atoms with Gasteiger partial charge in [0, 0.05) is 31.0 Å². The van der Waals surface area contributed by atoms with Crippen LogP contribution in [0.15, 0.2) is 55.1 Å². The number of ether oxygens (including phenoxy) is 1. The maximum Gasteiger partial charge on any atom is 0.250 e. The van der Waals surface area contributed by atoms with Gasteiger partial charge in [0.1, 0.15) is 5.75 Å². The van der Waals surface area contributed by atoms with Gasteiger partial charge in [-0.2, -0.15) is 5.10 Å². The van der Waals surface area contributed by atoms with Gasteiger partial charge in [0.05, 0.1) is 31.1 Å². The lowest BCUT2D eigenvalue weighted by Gasteiger charge is -2.17. The number of carbonyl (C=O) groups is 2. The van der Waals surface area contributed by atoms with Gasteiger partial charge in [0.2, 0.25) is 11.8 Å². The molecule has 1 saturated heterocycles. The molecule has 0 spiro atoms. The minimum Gasteiger partial charge on any atom is -0.497 e. The first kappa shape index (κ1) is 17.7. The van der Waals surface area contributed by atoms with Gasteiger partial charge in [0.15, 0.2) is 0 Å². The Hall–Kier alpha value is -3.75. The predicted molar refractivity (Wildman–Crippen MR) is 101 cm³/mol. The standard InChI is InChI=1S/C19H18N6O3/c1-28-16-5-3-15(4-6-16)24-12-13(9-17(24)26)18(27)23-14-10-20-19(21-11-14)25-8-2-7-22-25/h2-8,10-11,13H,9,12H2,1H3,(H,23,27). The number of nitrogens with one attached hydrogen (secondary N) is 1. The molecular weight excluding hydrogens is 360 g/mol. The van der Waals surface area contributed by atoms with Crippen LogP contribution in [0, 0.1) is 5.92 Å². The van der Waals surface area contributed by atoms with Crippen LogP contribution in [0.2, 0.25) is 0 Å². The summed E-state index contributed by atoms with van der Waals surface area (Å²) in [5.74, 6) is 0.351. The average Bonchev–Trinajstić information content (AvgIpc) is 3.39. The van der Waals surface area contributed by atoms with E-state index in [1.165, 1.54) is 17.1 Å². The van der Waals surface area contributed by atoms with Crippen LogP contribution in [0.5, 0.6) is 5.75 Å². The molecule has 142 valence electrons. The summed E-state index contributed by atoms with van der Waals surface area (Å²) in [5, 5.41) is 6.82. The van der Waals surface area contributed by atoms with Crippen molar-refractivity contribution in [1.29, 1.82) is 0 Å². The third-order valence-corrected chi connectivity index (χ3v) is 4.49. The molecule has 1 atom stereocenters. The molecule has 1 unspecified atom stereocenters. The summed E-state index contributed by atoms with van der Waals surface area (Å²) in [5.41, 5.74) is 1.21. The van der Waals surface area contributed by atoms with E-state index >= 15 is 0 Å². The number of carbonyl (C=O) groups excluding carboxylic acids is 2. The summed E-state index contributed by atoms with van der Waals surface area (Å²) in [6, 6.07) is 8.95. The normalized spacial score (nSPS) is 16.2. The minimum absolute atomic E-state index is 0.0874. The van der Waals surface area contributed by atoms with Gasteiger partial charge in [-0.15, -0.1) is 0 Å². The first-order chi connectivity index (χ1) is 13.6. The number of rotatable bonds is 5. The van der Waals surface area contributed by atoms with E-state index < -0.39 is 5.92 Å². The van der Waals surface area contributed by atoms with Crippen molar-refractivity contribution in [3.05, 3.63) is 55.1 Å². The summed E-state index contributed by atoms with van der Waals surface area (Å²) >= 11 is 0. The second kappa shape index (κ2) is 7.47. The maximum atomic E-state index is 12.6. The minimum atomic E-state index is -0.444. The molecule has 1 aromatic carbocycles. The molecule has 1 aliphatic rings. The molecule has 0 bridgehead atoms. The zero-order valence-electron chi connectivity index (χ0n) is 15.1. The molecule has 9 heteroatoms. The number of benzene rings is 1. The molecule has 1 fully saturated rings. The predicted octanol–water partition coefficient (Wildman–Crippen LogP) is 1.66. The van der Waals surface area contributed by atoms with Crippen LogP contribution in [0.4, 0.5) is 11.4 Å². The summed E-state index contributed by atoms with van der Waals surface area (Å²) in [4.78, 5) is 34.9. The molecule has 9 nitrogen and oxygen atoms in total. The van der Waals surface area contributed by atoms with Gasteiger partial charge in [-0.05, 0) is 30.3 Å². The second-order valence-corrected chi connectivity index (χ2v) is 6.32. The van der Waals surface area contributed by atoms with Gasteiger partial charge in [0.25, 0.3) is 5.95 Å². The Morgan fingerprint density at radius 2 is 1.96 bits per heavy atom. The first-order valence-corrected chi connectivity index (χ1v) is 8.71. The topological polar surface area (TPSA) is 102 Å². The molecule has 1 aliphatic heterocycles. The van der Waals surface area contributed by atoms with E-state index in [1.54, 1.807) is 54.7 Å². The Labute approximate surface area is 161 Å². The lowest BCUT2D eigenvalue weighted by molar-refractivity contribution is -0.122. The zero-order valence-corrected chi connectivity index (χ0v) is 15.1. The van der Waals surface area contributed by atoms with Crippen LogP contribution in [0.25, 0.3) is 5.95 Å². The van der Waals surface area contributed by atoms with Crippen LogP contribution < -0.4 is 15.0 Å². The molecule has 2 amide bonds. The lowest BCUT2D eigenvalue weighted by atomic mass is 10.1. The van der Waals surface area contributed by atoms with Crippen LogP contribution in [0.1, 0.15) is 6.42 Å². The number of anilines is 2. The SMILES string of the molecule is COc1ccc(N2CC(C(=O)Nc3cnc(-n4cccn4)nc3)CC2=O)cc1. The Morgan fingerprint density at radius 1 is 1.21 bits per heavy atom. The Kier molecular flexibility index (Phi) is 4.71. The summed E-state index contributed by atoms with van der Waals surface area (Å²) < 4.78 is 6.65. The summed E-state index contributed by atoms with van der Waals surface area (Å²) in [6.45, 7) is 0.323.